The number of nitrogens with one attached hydrogen (secondary N) is 3. The number of pyridine rings is 2. The number of guanidine groups is 1. The number of nitrogens with zero attached hydrogens (tertiary/aromatic N) is 4. The van der Waals surface area contributed by atoms with Gasteiger partial charge in [-0.3, -0.25) is 10.2 Å². The number of aromatic nitrogens is 2. The molecule has 15 nitrogen and oxygen atoms in total. The lowest BCUT2D eigenvalue weighted by atomic mass is 10.1. The Morgan fingerprint density at radius 3 is 2.80 bits per heavy atom. The SMILES string of the molecule is N=C(N[N+](=O)[O-])N(C1CCN(c2nc3[nH]cc(C(=O)O)c(=O)c3cc2F)C1)[C@H](CCCN)C(=O)O. The van der Waals surface area contributed by atoms with E-state index in [1.165, 1.54) is 4.90 Å². The third-order valence-corrected chi connectivity index (χ3v) is 5.64. The number of carboxylic acid groups (broad SMARTS) is 2. The second-order valence-electron chi connectivity index (χ2n) is 7.82. The summed E-state index contributed by atoms with van der Waals surface area (Å²) in [4.78, 5) is 55.5. The second-order valence-corrected chi connectivity index (χ2v) is 7.82. The summed E-state index contributed by atoms with van der Waals surface area (Å²) >= 11 is 0. The summed E-state index contributed by atoms with van der Waals surface area (Å²) in [6, 6.07) is -1.14. The van der Waals surface area contributed by atoms with Crippen molar-refractivity contribution in [2.45, 2.75) is 31.3 Å². The maximum Gasteiger partial charge on any atom is 0.341 e. The van der Waals surface area contributed by atoms with Crippen LogP contribution >= 0.6 is 0 Å². The van der Waals surface area contributed by atoms with E-state index in [9.17, 15) is 34.0 Å². The molecule has 1 saturated heterocycles. The Hall–Kier alpha value is -4.34. The van der Waals surface area contributed by atoms with Crippen LogP contribution in [0, 0.1) is 21.3 Å². The van der Waals surface area contributed by atoms with E-state index in [1.807, 2.05) is 0 Å². The molecule has 2 aromatic rings. The number of hydrogen-bond donors (Lipinski definition) is 6. The van der Waals surface area contributed by atoms with E-state index in [2.05, 4.69) is 9.97 Å². The molecule has 35 heavy (non-hydrogen) atoms. The van der Waals surface area contributed by atoms with Gasteiger partial charge in [-0.1, -0.05) is 5.43 Å². The number of anilines is 1. The average Bonchev–Trinajstić information content (AvgIpc) is 3.25. The normalized spacial score (nSPS) is 16.2. The first-order valence-electron chi connectivity index (χ1n) is 10.5. The molecule has 2 atom stereocenters. The lowest BCUT2D eigenvalue weighted by Gasteiger charge is -2.34. The summed E-state index contributed by atoms with van der Waals surface area (Å²) in [6.07, 6.45) is 1.50. The Morgan fingerprint density at radius 1 is 1.49 bits per heavy atom. The van der Waals surface area contributed by atoms with Crippen LogP contribution < -0.4 is 21.5 Å². The predicted octanol–water partition coefficient (Wildman–Crippen LogP) is -0.451. The zero-order valence-corrected chi connectivity index (χ0v) is 18.2. The minimum absolute atomic E-state index is 0.0267. The number of aliphatic carboxylic acids is 1. The van der Waals surface area contributed by atoms with Crippen molar-refractivity contribution >= 4 is 34.7 Å². The van der Waals surface area contributed by atoms with Crippen molar-refractivity contribution in [1.82, 2.24) is 20.3 Å². The number of carboxylic acids is 2. The fraction of sp³-hybridized carbons (Fsp3) is 0.421. The topological polar surface area (TPSA) is 232 Å². The predicted molar refractivity (Wildman–Crippen MR) is 119 cm³/mol. The molecule has 1 fully saturated rings. The van der Waals surface area contributed by atoms with Crippen LogP contribution in [0.3, 0.4) is 0 Å². The standard InChI is InChI=1S/C19H23FN8O7/c20-12-6-10-14(29)11(17(30)31)7-23-15(10)24-16(12)26-5-3-9(8-26)27(19(22)25-28(34)35)13(18(32)33)2-1-4-21/h6-7,9,13H,1-5,8,21H2,(H2,22,25)(H,30,31)(H,32,33)(H,23,24,29)/t9?,13-/m1/s1. The molecule has 7 N–H and O–H groups in total. The Bertz CT molecular complexity index is 1240. The minimum Gasteiger partial charge on any atom is -0.480 e. The van der Waals surface area contributed by atoms with E-state index in [0.717, 1.165) is 17.2 Å². The van der Waals surface area contributed by atoms with Crippen molar-refractivity contribution in [2.24, 2.45) is 5.73 Å². The highest BCUT2D eigenvalue weighted by atomic mass is 19.1. The third kappa shape index (κ3) is 5.26. The van der Waals surface area contributed by atoms with Crippen LogP contribution in [0.2, 0.25) is 0 Å². The zero-order valence-electron chi connectivity index (χ0n) is 18.2. The number of hydrogen-bond acceptors (Lipinski definition) is 9. The zero-order chi connectivity index (χ0) is 25.9. The smallest absolute Gasteiger partial charge is 0.341 e. The van der Waals surface area contributed by atoms with Crippen molar-refractivity contribution < 1.29 is 29.2 Å². The van der Waals surface area contributed by atoms with Crippen LogP contribution in [-0.2, 0) is 4.79 Å². The van der Waals surface area contributed by atoms with Crippen LogP contribution in [0.1, 0.15) is 29.6 Å². The molecular weight excluding hydrogens is 471 g/mol. The van der Waals surface area contributed by atoms with Gasteiger partial charge in [0.2, 0.25) is 5.43 Å². The van der Waals surface area contributed by atoms with Crippen LogP contribution in [-0.4, -0.2) is 79.7 Å². The maximum absolute atomic E-state index is 14.9. The molecule has 3 rings (SSSR count). The van der Waals surface area contributed by atoms with Gasteiger partial charge >= 0.3 is 11.9 Å². The number of H-pyrrole nitrogens is 1. The molecule has 0 saturated carbocycles. The molecular formula is C19H23FN8O7. The molecule has 2 aromatic heterocycles. The van der Waals surface area contributed by atoms with Gasteiger partial charge in [-0.05, 0) is 31.9 Å². The molecule has 0 amide bonds. The molecule has 0 aromatic carbocycles. The number of carbonyl (C=O) groups is 2. The first-order chi connectivity index (χ1) is 16.5. The molecule has 0 spiro atoms. The lowest BCUT2D eigenvalue weighted by molar-refractivity contribution is -0.527. The highest BCUT2D eigenvalue weighted by molar-refractivity contribution is 5.91. The summed E-state index contributed by atoms with van der Waals surface area (Å²) in [6.45, 7) is 0.322. The van der Waals surface area contributed by atoms with E-state index in [-0.39, 0.29) is 49.3 Å². The summed E-state index contributed by atoms with van der Waals surface area (Å²) in [5.41, 5.74) is 5.64. The first kappa shape index (κ1) is 25.3. The van der Waals surface area contributed by atoms with Gasteiger partial charge in [0.1, 0.15) is 17.3 Å². The summed E-state index contributed by atoms with van der Waals surface area (Å²) in [7, 11) is 0. The van der Waals surface area contributed by atoms with Gasteiger partial charge in [0.05, 0.1) is 11.4 Å². The summed E-state index contributed by atoms with van der Waals surface area (Å²) in [5, 5.41) is 36.5. The fourth-order valence-corrected chi connectivity index (χ4v) is 4.09. The molecule has 188 valence electrons. The third-order valence-electron chi connectivity index (χ3n) is 5.64. The Labute approximate surface area is 196 Å². The average molecular weight is 494 g/mol. The molecule has 0 aliphatic carbocycles. The van der Waals surface area contributed by atoms with Crippen molar-refractivity contribution in [2.75, 3.05) is 24.5 Å². The van der Waals surface area contributed by atoms with Crippen molar-refractivity contribution in [3.05, 3.63) is 44.0 Å². The number of aromatic amines is 1. The maximum atomic E-state index is 14.9. The van der Waals surface area contributed by atoms with Crippen molar-refractivity contribution in [3.63, 3.8) is 0 Å². The number of halogens is 1. The number of hydrazine groups is 1. The Kier molecular flexibility index (Phi) is 7.43. The number of nitro groups is 1. The number of aromatic carboxylic acids is 1. The van der Waals surface area contributed by atoms with Gasteiger partial charge in [0, 0.05) is 19.3 Å². The highest BCUT2D eigenvalue weighted by Gasteiger charge is 2.39. The lowest BCUT2D eigenvalue weighted by Crippen LogP contribution is -2.56. The van der Waals surface area contributed by atoms with Gasteiger partial charge in [-0.15, -0.1) is 0 Å². The van der Waals surface area contributed by atoms with E-state index < -0.39 is 51.8 Å². The number of nitrogens with two attached hydrogens (primary N) is 1. The van der Waals surface area contributed by atoms with Gasteiger partial charge in [-0.2, -0.15) is 0 Å². The van der Waals surface area contributed by atoms with Gasteiger partial charge in [-0.25, -0.2) is 29.1 Å². The van der Waals surface area contributed by atoms with Crippen LogP contribution in [0.25, 0.3) is 11.0 Å². The van der Waals surface area contributed by atoms with E-state index in [4.69, 9.17) is 16.2 Å². The molecule has 1 aliphatic heterocycles. The Balaban J connectivity index is 1.93. The second kappa shape index (κ2) is 10.3. The molecule has 0 radical (unpaired) electrons. The van der Waals surface area contributed by atoms with Crippen LogP contribution in [0.4, 0.5) is 10.2 Å². The molecule has 1 aliphatic rings. The van der Waals surface area contributed by atoms with Crippen molar-refractivity contribution in [1.29, 1.82) is 5.41 Å². The van der Waals surface area contributed by atoms with Gasteiger partial charge in [0.15, 0.2) is 16.7 Å². The highest BCUT2D eigenvalue weighted by Crippen LogP contribution is 2.27. The fourth-order valence-electron chi connectivity index (χ4n) is 4.09. The molecule has 16 heteroatoms. The monoisotopic (exact) mass is 494 g/mol. The number of fused-ring (bicyclic) bond motifs is 1. The van der Waals surface area contributed by atoms with Gasteiger partial charge < -0.3 is 30.7 Å². The quantitative estimate of drug-likeness (QED) is 0.113. The van der Waals surface area contributed by atoms with Crippen LogP contribution in [0.5, 0.6) is 0 Å². The molecule has 3 heterocycles. The minimum atomic E-state index is -1.48. The van der Waals surface area contributed by atoms with Crippen molar-refractivity contribution in [3.8, 4) is 0 Å². The summed E-state index contributed by atoms with van der Waals surface area (Å²) < 4.78 is 14.9. The number of rotatable bonds is 9. The van der Waals surface area contributed by atoms with Crippen LogP contribution in [0.15, 0.2) is 17.1 Å². The Morgan fingerprint density at radius 2 is 2.20 bits per heavy atom. The van der Waals surface area contributed by atoms with E-state index in [0.29, 0.717) is 6.42 Å². The van der Waals surface area contributed by atoms with E-state index in [1.54, 1.807) is 5.43 Å². The largest absolute Gasteiger partial charge is 0.480 e. The first-order valence-corrected chi connectivity index (χ1v) is 10.5. The molecule has 0 bridgehead atoms. The summed E-state index contributed by atoms with van der Waals surface area (Å²) in [5.74, 6) is -4.60. The van der Waals surface area contributed by atoms with E-state index >= 15 is 0 Å². The molecule has 1 unspecified atom stereocenters. The van der Waals surface area contributed by atoms with Gasteiger partial charge in [0.25, 0.3) is 5.96 Å².